The van der Waals surface area contributed by atoms with Crippen molar-refractivity contribution >= 4 is 5.97 Å². The van der Waals surface area contributed by atoms with Crippen LogP contribution in [0.3, 0.4) is 0 Å². The molecule has 29 heavy (non-hydrogen) atoms. The number of aromatic nitrogens is 4. The predicted octanol–water partition coefficient (Wildman–Crippen LogP) is 2.29. The maximum absolute atomic E-state index is 12.8. The molecule has 0 aliphatic rings. The molecular formula is C20H20N4O5. The Kier molecular flexibility index (Phi) is 5.87. The number of ether oxygens (including phenoxy) is 3. The fourth-order valence-electron chi connectivity index (χ4n) is 2.61. The zero-order chi connectivity index (χ0) is 21.0. The van der Waals surface area contributed by atoms with E-state index in [1.807, 2.05) is 24.3 Å². The summed E-state index contributed by atoms with van der Waals surface area (Å²) < 4.78 is 16.8. The van der Waals surface area contributed by atoms with Crippen LogP contribution in [0.1, 0.15) is 27.4 Å². The third kappa shape index (κ3) is 4.57. The first-order valence-corrected chi connectivity index (χ1v) is 8.72. The molecule has 150 valence electrons. The smallest absolute Gasteiger partial charge is 0.358 e. The topological polar surface area (TPSA) is 105 Å². The second kappa shape index (κ2) is 8.51. The van der Waals surface area contributed by atoms with Gasteiger partial charge in [0.05, 0.1) is 32.7 Å². The highest BCUT2D eigenvalue weighted by Gasteiger charge is 2.15. The largest absolute Gasteiger partial charge is 0.497 e. The van der Waals surface area contributed by atoms with Gasteiger partial charge in [0.2, 0.25) is 5.88 Å². The highest BCUT2D eigenvalue weighted by Crippen LogP contribution is 2.19. The molecule has 1 aromatic carbocycles. The van der Waals surface area contributed by atoms with Crippen LogP contribution in [0.25, 0.3) is 0 Å². The van der Waals surface area contributed by atoms with Gasteiger partial charge >= 0.3 is 11.5 Å². The molecule has 2 aromatic heterocycles. The minimum absolute atomic E-state index is 0.0557. The van der Waals surface area contributed by atoms with E-state index < -0.39 is 11.5 Å². The van der Waals surface area contributed by atoms with E-state index in [-0.39, 0.29) is 23.9 Å². The van der Waals surface area contributed by atoms with E-state index in [0.29, 0.717) is 11.4 Å². The molecule has 0 unspecified atom stereocenters. The lowest BCUT2D eigenvalue weighted by Crippen LogP contribution is -2.25. The molecule has 9 nitrogen and oxygen atoms in total. The van der Waals surface area contributed by atoms with Gasteiger partial charge in [-0.25, -0.2) is 19.4 Å². The SMILES string of the molecule is COC(=O)c1cnc(Oc2cc(C)nn(Cc3ccc(OC)cc3)c2=O)c(C)n1. The van der Waals surface area contributed by atoms with Crippen molar-refractivity contribution < 1.29 is 19.0 Å². The van der Waals surface area contributed by atoms with E-state index >= 15 is 0 Å². The minimum atomic E-state index is -0.603. The Hall–Kier alpha value is -3.75. The van der Waals surface area contributed by atoms with Crippen molar-refractivity contribution in [1.82, 2.24) is 19.7 Å². The molecule has 0 amide bonds. The number of nitrogens with zero attached hydrogens (tertiary/aromatic N) is 4. The normalized spacial score (nSPS) is 10.5. The summed E-state index contributed by atoms with van der Waals surface area (Å²) in [5, 5.41) is 4.28. The molecule has 0 saturated carbocycles. The number of benzene rings is 1. The van der Waals surface area contributed by atoms with Crippen molar-refractivity contribution in [3.63, 3.8) is 0 Å². The molecule has 0 saturated heterocycles. The van der Waals surface area contributed by atoms with E-state index in [9.17, 15) is 9.59 Å². The van der Waals surface area contributed by atoms with Gasteiger partial charge in [-0.3, -0.25) is 4.79 Å². The average molecular weight is 396 g/mol. The number of rotatable bonds is 6. The highest BCUT2D eigenvalue weighted by molar-refractivity contribution is 5.86. The Balaban J connectivity index is 1.89. The first-order valence-electron chi connectivity index (χ1n) is 8.72. The van der Waals surface area contributed by atoms with Crippen LogP contribution in [-0.2, 0) is 11.3 Å². The molecule has 0 aliphatic heterocycles. The molecule has 0 aliphatic carbocycles. The van der Waals surface area contributed by atoms with Crippen LogP contribution in [0, 0.1) is 13.8 Å². The molecule has 2 heterocycles. The lowest BCUT2D eigenvalue weighted by atomic mass is 10.2. The maximum Gasteiger partial charge on any atom is 0.358 e. The molecule has 3 rings (SSSR count). The van der Waals surface area contributed by atoms with E-state index in [1.54, 1.807) is 21.0 Å². The summed E-state index contributed by atoms with van der Waals surface area (Å²) in [5.74, 6) is 0.311. The van der Waals surface area contributed by atoms with Crippen LogP contribution in [0.4, 0.5) is 0 Å². The van der Waals surface area contributed by atoms with Gasteiger partial charge in [-0.15, -0.1) is 0 Å². The predicted molar refractivity (Wildman–Crippen MR) is 104 cm³/mol. The molecule has 0 fully saturated rings. The summed E-state index contributed by atoms with van der Waals surface area (Å²) in [4.78, 5) is 32.6. The van der Waals surface area contributed by atoms with Crippen LogP contribution in [0.2, 0.25) is 0 Å². The third-order valence-electron chi connectivity index (χ3n) is 4.06. The summed E-state index contributed by atoms with van der Waals surface area (Å²) in [5.41, 5.74) is 1.48. The lowest BCUT2D eigenvalue weighted by Gasteiger charge is -2.11. The van der Waals surface area contributed by atoms with Crippen LogP contribution >= 0.6 is 0 Å². The van der Waals surface area contributed by atoms with E-state index in [2.05, 4.69) is 19.8 Å². The third-order valence-corrected chi connectivity index (χ3v) is 4.06. The first kappa shape index (κ1) is 20.0. The molecule has 9 heteroatoms. The standard InChI is InChI=1S/C20H20N4O5/c1-12-9-17(29-18-13(2)22-16(10-21-18)20(26)28-4)19(25)24(23-12)11-14-5-7-15(27-3)8-6-14/h5-10H,11H2,1-4H3. The Morgan fingerprint density at radius 3 is 2.48 bits per heavy atom. The van der Waals surface area contributed by atoms with Crippen LogP contribution in [0.15, 0.2) is 41.3 Å². The average Bonchev–Trinajstić information content (AvgIpc) is 2.72. The van der Waals surface area contributed by atoms with E-state index in [0.717, 1.165) is 11.3 Å². The highest BCUT2D eigenvalue weighted by atomic mass is 16.5. The van der Waals surface area contributed by atoms with Gasteiger partial charge in [-0.1, -0.05) is 12.1 Å². The van der Waals surface area contributed by atoms with Gasteiger partial charge in [0.25, 0.3) is 0 Å². The molecule has 0 radical (unpaired) electrons. The fourth-order valence-corrected chi connectivity index (χ4v) is 2.61. The second-order valence-corrected chi connectivity index (χ2v) is 6.20. The van der Waals surface area contributed by atoms with Gasteiger partial charge in [-0.05, 0) is 31.5 Å². The summed E-state index contributed by atoms with van der Waals surface area (Å²) in [6.45, 7) is 3.65. The number of carbonyl (C=O) groups is 1. The van der Waals surface area contributed by atoms with Crippen molar-refractivity contribution in [2.45, 2.75) is 20.4 Å². The second-order valence-electron chi connectivity index (χ2n) is 6.20. The Morgan fingerprint density at radius 1 is 1.14 bits per heavy atom. The van der Waals surface area contributed by atoms with Gasteiger partial charge in [0, 0.05) is 6.07 Å². The fraction of sp³-hybridized carbons (Fsp3) is 0.250. The van der Waals surface area contributed by atoms with Crippen molar-refractivity contribution in [3.05, 3.63) is 69.5 Å². The zero-order valence-electron chi connectivity index (χ0n) is 16.5. The Morgan fingerprint density at radius 2 is 1.86 bits per heavy atom. The molecule has 0 N–H and O–H groups in total. The van der Waals surface area contributed by atoms with Crippen LogP contribution in [-0.4, -0.2) is 39.9 Å². The molecule has 0 spiro atoms. The summed E-state index contributed by atoms with van der Waals surface area (Å²) in [6.07, 6.45) is 1.23. The van der Waals surface area contributed by atoms with Gasteiger partial charge in [0.15, 0.2) is 11.4 Å². The number of aryl methyl sites for hydroxylation is 2. The van der Waals surface area contributed by atoms with E-state index in [1.165, 1.54) is 24.1 Å². The summed E-state index contributed by atoms with van der Waals surface area (Å²) in [7, 11) is 2.85. The zero-order valence-corrected chi connectivity index (χ0v) is 16.5. The molecule has 0 atom stereocenters. The monoisotopic (exact) mass is 396 g/mol. The quantitative estimate of drug-likeness (QED) is 0.585. The van der Waals surface area contributed by atoms with Gasteiger partial charge in [-0.2, -0.15) is 5.10 Å². The Labute approximate surface area is 166 Å². The lowest BCUT2D eigenvalue weighted by molar-refractivity contribution is 0.0593. The van der Waals surface area contributed by atoms with Crippen molar-refractivity contribution in [1.29, 1.82) is 0 Å². The van der Waals surface area contributed by atoms with Gasteiger partial charge < -0.3 is 14.2 Å². The summed E-state index contributed by atoms with van der Waals surface area (Å²) >= 11 is 0. The first-order chi connectivity index (χ1) is 13.9. The van der Waals surface area contributed by atoms with E-state index in [4.69, 9.17) is 9.47 Å². The molecular weight excluding hydrogens is 376 g/mol. The minimum Gasteiger partial charge on any atom is -0.497 e. The van der Waals surface area contributed by atoms with Crippen molar-refractivity contribution in [2.75, 3.05) is 14.2 Å². The van der Waals surface area contributed by atoms with Gasteiger partial charge in [0.1, 0.15) is 11.4 Å². The number of esters is 1. The van der Waals surface area contributed by atoms with Crippen molar-refractivity contribution in [2.24, 2.45) is 0 Å². The number of hydrogen-bond donors (Lipinski definition) is 0. The maximum atomic E-state index is 12.8. The van der Waals surface area contributed by atoms with Crippen LogP contribution in [0.5, 0.6) is 17.4 Å². The molecule has 3 aromatic rings. The summed E-state index contributed by atoms with van der Waals surface area (Å²) in [6, 6.07) is 8.88. The number of methoxy groups -OCH3 is 2. The Bertz CT molecular complexity index is 1090. The number of carbonyl (C=O) groups excluding carboxylic acids is 1. The van der Waals surface area contributed by atoms with Crippen molar-refractivity contribution in [3.8, 4) is 17.4 Å². The van der Waals surface area contributed by atoms with Crippen LogP contribution < -0.4 is 15.0 Å². The number of hydrogen-bond acceptors (Lipinski definition) is 8. The molecule has 0 bridgehead atoms.